The molecule has 1 unspecified atom stereocenters. The number of nitrogens with two attached hydrogens (primary N) is 1. The van der Waals surface area contributed by atoms with E-state index < -0.39 is 0 Å². The Morgan fingerprint density at radius 3 is 2.85 bits per heavy atom. The second-order valence-electron chi connectivity index (χ2n) is 3.30. The monoisotopic (exact) mass is 183 g/mol. The zero-order chi connectivity index (χ0) is 9.68. The maximum atomic E-state index is 5.88. The van der Waals surface area contributed by atoms with E-state index in [1.165, 1.54) is 17.6 Å². The van der Waals surface area contributed by atoms with Gasteiger partial charge in [0.2, 0.25) is 0 Å². The van der Waals surface area contributed by atoms with Crippen LogP contribution in [0.1, 0.15) is 32.0 Å². The van der Waals surface area contributed by atoms with Crippen molar-refractivity contribution in [1.29, 1.82) is 0 Å². The number of aromatic nitrogens is 4. The van der Waals surface area contributed by atoms with Gasteiger partial charge in [0.1, 0.15) is 0 Å². The van der Waals surface area contributed by atoms with Crippen LogP contribution in [-0.2, 0) is 13.5 Å². The third-order valence-corrected chi connectivity index (χ3v) is 1.92. The van der Waals surface area contributed by atoms with Crippen LogP contribution in [0.4, 0.5) is 0 Å². The lowest BCUT2D eigenvalue weighted by atomic mass is 10.1. The highest BCUT2D eigenvalue weighted by Crippen LogP contribution is 2.02. The number of hydrogen-bond acceptors (Lipinski definition) is 4. The number of hydrogen-bond donors (Lipinski definition) is 1. The van der Waals surface area contributed by atoms with Crippen molar-refractivity contribution in [1.82, 2.24) is 20.2 Å². The summed E-state index contributed by atoms with van der Waals surface area (Å²) in [5.41, 5.74) is 5.88. The van der Waals surface area contributed by atoms with E-state index in [0.29, 0.717) is 0 Å². The summed E-state index contributed by atoms with van der Waals surface area (Å²) in [6, 6.07) is 0.171. The van der Waals surface area contributed by atoms with Crippen molar-refractivity contribution in [2.24, 2.45) is 12.8 Å². The molecule has 0 saturated heterocycles. The molecule has 0 aliphatic rings. The van der Waals surface area contributed by atoms with Gasteiger partial charge in [-0.2, -0.15) is 4.80 Å². The fraction of sp³-hybridized carbons (Fsp3) is 0.875. The fourth-order valence-corrected chi connectivity index (χ4v) is 1.21. The first kappa shape index (κ1) is 10.1. The van der Waals surface area contributed by atoms with Crippen molar-refractivity contribution >= 4 is 0 Å². The largest absolute Gasteiger partial charge is 0.327 e. The average molecular weight is 183 g/mol. The second kappa shape index (κ2) is 4.91. The summed E-state index contributed by atoms with van der Waals surface area (Å²) in [7, 11) is 1.76. The summed E-state index contributed by atoms with van der Waals surface area (Å²) in [5.74, 6) is 0.742. The molecule has 1 aromatic rings. The Kier molecular flexibility index (Phi) is 3.82. The molecule has 0 saturated carbocycles. The Bertz CT molecular complexity index is 244. The molecule has 1 aromatic heterocycles. The van der Waals surface area contributed by atoms with Gasteiger partial charge in [-0.1, -0.05) is 19.8 Å². The van der Waals surface area contributed by atoms with Crippen LogP contribution in [0.2, 0.25) is 0 Å². The van der Waals surface area contributed by atoms with Gasteiger partial charge in [0, 0.05) is 12.5 Å². The fourth-order valence-electron chi connectivity index (χ4n) is 1.21. The third-order valence-electron chi connectivity index (χ3n) is 1.92. The molecule has 2 N–H and O–H groups in total. The molecular weight excluding hydrogens is 166 g/mol. The van der Waals surface area contributed by atoms with Gasteiger partial charge in [0.15, 0.2) is 5.82 Å². The van der Waals surface area contributed by atoms with E-state index in [-0.39, 0.29) is 6.04 Å². The van der Waals surface area contributed by atoms with Crippen LogP contribution in [-0.4, -0.2) is 26.2 Å². The molecule has 1 rings (SSSR count). The third kappa shape index (κ3) is 3.50. The summed E-state index contributed by atoms with van der Waals surface area (Å²) >= 11 is 0. The zero-order valence-corrected chi connectivity index (χ0v) is 8.27. The summed E-state index contributed by atoms with van der Waals surface area (Å²) in [6.07, 6.45) is 4.12. The predicted octanol–water partition coefficient (Wildman–Crippen LogP) is 0.270. The summed E-state index contributed by atoms with van der Waals surface area (Å²) in [5, 5.41) is 11.7. The van der Waals surface area contributed by atoms with Gasteiger partial charge in [0.25, 0.3) is 0 Å². The minimum Gasteiger partial charge on any atom is -0.327 e. The Hall–Kier alpha value is -0.970. The van der Waals surface area contributed by atoms with E-state index in [4.69, 9.17) is 5.73 Å². The smallest absolute Gasteiger partial charge is 0.176 e. The van der Waals surface area contributed by atoms with E-state index in [0.717, 1.165) is 18.7 Å². The van der Waals surface area contributed by atoms with Crippen molar-refractivity contribution in [3.63, 3.8) is 0 Å². The van der Waals surface area contributed by atoms with Gasteiger partial charge >= 0.3 is 0 Å². The zero-order valence-electron chi connectivity index (χ0n) is 8.27. The van der Waals surface area contributed by atoms with Gasteiger partial charge in [0.05, 0.1) is 7.05 Å². The number of tetrazole rings is 1. The van der Waals surface area contributed by atoms with Gasteiger partial charge in [-0.05, 0) is 11.6 Å². The molecule has 13 heavy (non-hydrogen) atoms. The molecule has 5 nitrogen and oxygen atoms in total. The highest BCUT2D eigenvalue weighted by atomic mass is 15.6. The normalized spacial score (nSPS) is 13.2. The van der Waals surface area contributed by atoms with Crippen LogP contribution in [0.25, 0.3) is 0 Å². The van der Waals surface area contributed by atoms with Crippen LogP contribution in [0.3, 0.4) is 0 Å². The van der Waals surface area contributed by atoms with Crippen molar-refractivity contribution in [2.75, 3.05) is 0 Å². The van der Waals surface area contributed by atoms with Crippen molar-refractivity contribution in [3.05, 3.63) is 5.82 Å². The first-order valence-electron chi connectivity index (χ1n) is 4.70. The number of rotatable bonds is 5. The molecule has 0 aromatic carbocycles. The molecule has 0 aliphatic heterocycles. The van der Waals surface area contributed by atoms with E-state index >= 15 is 0 Å². The van der Waals surface area contributed by atoms with Gasteiger partial charge in [-0.3, -0.25) is 0 Å². The number of unbranched alkanes of at least 4 members (excludes halogenated alkanes) is 1. The standard InChI is InChI=1S/C8H17N5/c1-3-4-5-7(9)6-8-10-12-13(2)11-8/h7H,3-6,9H2,1-2H3. The quantitative estimate of drug-likeness (QED) is 0.711. The molecule has 1 atom stereocenters. The lowest BCUT2D eigenvalue weighted by Crippen LogP contribution is -2.23. The molecule has 0 spiro atoms. The van der Waals surface area contributed by atoms with Crippen LogP contribution in [0.15, 0.2) is 0 Å². The van der Waals surface area contributed by atoms with E-state index in [2.05, 4.69) is 22.3 Å². The minimum atomic E-state index is 0.171. The Labute approximate surface area is 78.3 Å². The topological polar surface area (TPSA) is 69.6 Å². The molecule has 74 valence electrons. The minimum absolute atomic E-state index is 0.171. The second-order valence-corrected chi connectivity index (χ2v) is 3.30. The van der Waals surface area contributed by atoms with Gasteiger partial charge < -0.3 is 5.73 Å². The lowest BCUT2D eigenvalue weighted by molar-refractivity contribution is 0.558. The van der Waals surface area contributed by atoms with Crippen LogP contribution in [0.5, 0.6) is 0 Å². The number of nitrogens with zero attached hydrogens (tertiary/aromatic N) is 4. The Morgan fingerprint density at radius 2 is 2.31 bits per heavy atom. The molecule has 0 bridgehead atoms. The summed E-state index contributed by atoms with van der Waals surface area (Å²) < 4.78 is 0. The first-order valence-corrected chi connectivity index (χ1v) is 4.70. The highest BCUT2D eigenvalue weighted by Gasteiger charge is 2.07. The molecule has 0 aliphatic carbocycles. The summed E-state index contributed by atoms with van der Waals surface area (Å²) in [6.45, 7) is 2.16. The van der Waals surface area contributed by atoms with E-state index in [1.807, 2.05) is 0 Å². The van der Waals surface area contributed by atoms with Crippen molar-refractivity contribution in [3.8, 4) is 0 Å². The molecule has 5 heteroatoms. The van der Waals surface area contributed by atoms with Crippen LogP contribution in [0, 0.1) is 0 Å². The highest BCUT2D eigenvalue weighted by molar-refractivity contribution is 4.82. The molecular formula is C8H17N5. The Morgan fingerprint density at radius 1 is 1.54 bits per heavy atom. The van der Waals surface area contributed by atoms with Crippen LogP contribution >= 0.6 is 0 Å². The van der Waals surface area contributed by atoms with E-state index in [9.17, 15) is 0 Å². The van der Waals surface area contributed by atoms with Crippen molar-refractivity contribution in [2.45, 2.75) is 38.6 Å². The van der Waals surface area contributed by atoms with Crippen molar-refractivity contribution < 1.29 is 0 Å². The lowest BCUT2D eigenvalue weighted by Gasteiger charge is -2.06. The van der Waals surface area contributed by atoms with Gasteiger partial charge in [-0.25, -0.2) is 0 Å². The maximum absolute atomic E-state index is 5.88. The SMILES string of the molecule is CCCCC(N)Cc1nnn(C)n1. The Balaban J connectivity index is 2.31. The molecule has 0 radical (unpaired) electrons. The molecule has 0 amide bonds. The molecule has 0 fully saturated rings. The predicted molar refractivity (Wildman–Crippen MR) is 50.0 cm³/mol. The van der Waals surface area contributed by atoms with Gasteiger partial charge in [-0.15, -0.1) is 10.2 Å². The van der Waals surface area contributed by atoms with Crippen LogP contribution < -0.4 is 5.73 Å². The number of aryl methyl sites for hydroxylation is 1. The maximum Gasteiger partial charge on any atom is 0.176 e. The summed E-state index contributed by atoms with van der Waals surface area (Å²) in [4.78, 5) is 1.46. The average Bonchev–Trinajstić information content (AvgIpc) is 2.48. The first-order chi connectivity index (χ1) is 6.22. The molecule has 1 heterocycles. The van der Waals surface area contributed by atoms with E-state index in [1.54, 1.807) is 7.05 Å².